The van der Waals surface area contributed by atoms with Crippen LogP contribution in [0, 0.1) is 0 Å². The van der Waals surface area contributed by atoms with Gasteiger partial charge in [-0.05, 0) is 24.3 Å². The molecule has 1 heterocycles. The third-order valence-electron chi connectivity index (χ3n) is 3.32. The van der Waals surface area contributed by atoms with Crippen LogP contribution in [-0.2, 0) is 4.74 Å². The van der Waals surface area contributed by atoms with Crippen molar-refractivity contribution in [2.45, 2.75) is 6.23 Å². The Labute approximate surface area is 126 Å². The molecule has 0 saturated carbocycles. The van der Waals surface area contributed by atoms with Crippen LogP contribution in [0.3, 0.4) is 0 Å². The first-order valence-corrected chi connectivity index (χ1v) is 6.79. The van der Waals surface area contributed by atoms with Crippen LogP contribution < -0.4 is 4.90 Å². The molecular formula is C15H11Cl2NO2. The molecule has 20 heavy (non-hydrogen) atoms. The summed E-state index contributed by atoms with van der Waals surface area (Å²) in [6.45, 7) is 0. The summed E-state index contributed by atoms with van der Waals surface area (Å²) in [4.78, 5) is 14.1. The number of rotatable bonds is 2. The first-order valence-electron chi connectivity index (χ1n) is 6.04. The van der Waals surface area contributed by atoms with Crippen LogP contribution in [0.4, 0.5) is 5.69 Å². The van der Waals surface area contributed by atoms with E-state index in [4.69, 9.17) is 27.9 Å². The lowest BCUT2D eigenvalue weighted by molar-refractivity contribution is 0.0823. The number of carbonyl (C=O) groups excluding carboxylic acids is 1. The van der Waals surface area contributed by atoms with Gasteiger partial charge in [0.25, 0.3) is 5.91 Å². The highest BCUT2D eigenvalue weighted by Gasteiger charge is 2.37. The van der Waals surface area contributed by atoms with E-state index in [-0.39, 0.29) is 5.91 Å². The van der Waals surface area contributed by atoms with Crippen LogP contribution >= 0.6 is 23.2 Å². The Balaban J connectivity index is 2.10. The number of anilines is 1. The SMILES string of the molecule is COC1c2ccccc2C(=O)N1c1ccc(Cl)c(Cl)c1. The van der Waals surface area contributed by atoms with E-state index in [2.05, 4.69) is 0 Å². The summed E-state index contributed by atoms with van der Waals surface area (Å²) in [5, 5.41) is 0.858. The fraction of sp³-hybridized carbons (Fsp3) is 0.133. The molecule has 1 atom stereocenters. The van der Waals surface area contributed by atoms with E-state index in [1.165, 1.54) is 0 Å². The standard InChI is InChI=1S/C15H11Cl2NO2/c1-20-15-11-5-3-2-4-10(11)14(19)18(15)9-6-7-12(16)13(17)8-9/h2-8,15H,1H3. The topological polar surface area (TPSA) is 29.5 Å². The number of fused-ring (bicyclic) bond motifs is 1. The zero-order chi connectivity index (χ0) is 14.3. The van der Waals surface area contributed by atoms with E-state index in [1.807, 2.05) is 18.2 Å². The molecule has 0 N–H and O–H groups in total. The highest BCUT2D eigenvalue weighted by atomic mass is 35.5. The summed E-state index contributed by atoms with van der Waals surface area (Å²) >= 11 is 11.9. The van der Waals surface area contributed by atoms with Crippen molar-refractivity contribution in [3.05, 3.63) is 63.6 Å². The second kappa shape index (κ2) is 5.09. The summed E-state index contributed by atoms with van der Waals surface area (Å²) in [5.74, 6) is -0.106. The largest absolute Gasteiger partial charge is 0.357 e. The van der Waals surface area contributed by atoms with Crippen molar-refractivity contribution in [2.75, 3.05) is 12.0 Å². The predicted octanol–water partition coefficient (Wildman–Crippen LogP) is 4.30. The monoisotopic (exact) mass is 307 g/mol. The van der Waals surface area contributed by atoms with E-state index < -0.39 is 6.23 Å². The quantitative estimate of drug-likeness (QED) is 0.828. The van der Waals surface area contributed by atoms with Crippen molar-refractivity contribution in [3.63, 3.8) is 0 Å². The number of halogens is 2. The molecule has 3 rings (SSSR count). The molecular weight excluding hydrogens is 297 g/mol. The molecule has 102 valence electrons. The molecule has 1 amide bonds. The van der Waals surface area contributed by atoms with E-state index in [1.54, 1.807) is 36.3 Å². The Bertz CT molecular complexity index is 687. The number of carbonyl (C=O) groups is 1. The molecule has 0 bridgehead atoms. The van der Waals surface area contributed by atoms with Gasteiger partial charge in [-0.25, -0.2) is 0 Å². The average molecular weight is 308 g/mol. The van der Waals surface area contributed by atoms with Gasteiger partial charge in [-0.1, -0.05) is 41.4 Å². The third kappa shape index (κ3) is 1.99. The molecule has 0 saturated heterocycles. The van der Waals surface area contributed by atoms with Crippen LogP contribution in [0.2, 0.25) is 10.0 Å². The zero-order valence-corrected chi connectivity index (χ0v) is 12.2. The molecule has 0 spiro atoms. The van der Waals surface area contributed by atoms with Crippen molar-refractivity contribution in [1.29, 1.82) is 0 Å². The van der Waals surface area contributed by atoms with Gasteiger partial charge >= 0.3 is 0 Å². The van der Waals surface area contributed by atoms with E-state index in [0.717, 1.165) is 5.56 Å². The maximum atomic E-state index is 12.5. The molecule has 3 nitrogen and oxygen atoms in total. The number of hydrogen-bond donors (Lipinski definition) is 0. The second-order valence-corrected chi connectivity index (χ2v) is 5.26. The van der Waals surface area contributed by atoms with Gasteiger partial charge < -0.3 is 4.74 Å². The fourth-order valence-corrected chi connectivity index (χ4v) is 2.69. The lowest BCUT2D eigenvalue weighted by Crippen LogP contribution is -2.28. The van der Waals surface area contributed by atoms with Crippen molar-refractivity contribution in [3.8, 4) is 0 Å². The van der Waals surface area contributed by atoms with Gasteiger partial charge in [0, 0.05) is 23.9 Å². The lowest BCUT2D eigenvalue weighted by atomic mass is 10.1. The van der Waals surface area contributed by atoms with Crippen LogP contribution in [-0.4, -0.2) is 13.0 Å². The molecule has 0 radical (unpaired) electrons. The zero-order valence-electron chi connectivity index (χ0n) is 10.6. The normalized spacial score (nSPS) is 17.4. The number of amides is 1. The van der Waals surface area contributed by atoms with Crippen LogP contribution in [0.1, 0.15) is 22.1 Å². The van der Waals surface area contributed by atoms with Crippen molar-refractivity contribution in [1.82, 2.24) is 0 Å². The Morgan fingerprint density at radius 3 is 2.55 bits per heavy atom. The fourth-order valence-electron chi connectivity index (χ4n) is 2.40. The summed E-state index contributed by atoms with van der Waals surface area (Å²) in [7, 11) is 1.57. The average Bonchev–Trinajstić information content (AvgIpc) is 2.75. The number of nitrogens with zero attached hydrogens (tertiary/aromatic N) is 1. The summed E-state index contributed by atoms with van der Waals surface area (Å²) in [6, 6.07) is 12.5. The van der Waals surface area contributed by atoms with Gasteiger partial charge in [0.15, 0.2) is 6.23 Å². The summed E-state index contributed by atoms with van der Waals surface area (Å²) < 4.78 is 5.47. The van der Waals surface area contributed by atoms with Gasteiger partial charge in [0.2, 0.25) is 0 Å². The number of hydrogen-bond acceptors (Lipinski definition) is 2. The van der Waals surface area contributed by atoms with Gasteiger partial charge in [-0.15, -0.1) is 0 Å². The molecule has 1 unspecified atom stereocenters. The van der Waals surface area contributed by atoms with Gasteiger partial charge in [0.1, 0.15) is 0 Å². The van der Waals surface area contributed by atoms with Gasteiger partial charge in [-0.2, -0.15) is 0 Å². The highest BCUT2D eigenvalue weighted by Crippen LogP contribution is 2.39. The number of ether oxygens (including phenoxy) is 1. The van der Waals surface area contributed by atoms with Crippen LogP contribution in [0.5, 0.6) is 0 Å². The summed E-state index contributed by atoms with van der Waals surface area (Å²) in [6.07, 6.45) is -0.448. The Hall–Kier alpha value is -1.55. The molecule has 2 aromatic rings. The van der Waals surface area contributed by atoms with Crippen molar-refractivity contribution in [2.24, 2.45) is 0 Å². The van der Waals surface area contributed by atoms with E-state index in [0.29, 0.717) is 21.3 Å². The lowest BCUT2D eigenvalue weighted by Gasteiger charge is -2.24. The first-order chi connectivity index (χ1) is 9.63. The third-order valence-corrected chi connectivity index (χ3v) is 4.05. The molecule has 5 heteroatoms. The minimum atomic E-state index is -0.448. The van der Waals surface area contributed by atoms with E-state index in [9.17, 15) is 4.79 Å². The molecule has 0 aromatic heterocycles. The van der Waals surface area contributed by atoms with E-state index >= 15 is 0 Å². The van der Waals surface area contributed by atoms with Gasteiger partial charge in [-0.3, -0.25) is 9.69 Å². The van der Waals surface area contributed by atoms with Crippen molar-refractivity contribution >= 4 is 34.8 Å². The Kier molecular flexibility index (Phi) is 3.42. The molecule has 1 aliphatic heterocycles. The molecule has 2 aromatic carbocycles. The summed E-state index contributed by atoms with van der Waals surface area (Å²) in [5.41, 5.74) is 2.16. The second-order valence-electron chi connectivity index (χ2n) is 4.45. The minimum Gasteiger partial charge on any atom is -0.357 e. The number of benzene rings is 2. The van der Waals surface area contributed by atoms with Crippen LogP contribution in [0.25, 0.3) is 0 Å². The smallest absolute Gasteiger partial charge is 0.261 e. The molecule has 0 fully saturated rings. The van der Waals surface area contributed by atoms with Crippen LogP contribution in [0.15, 0.2) is 42.5 Å². The molecule has 0 aliphatic carbocycles. The van der Waals surface area contributed by atoms with Gasteiger partial charge in [0.05, 0.1) is 10.0 Å². The maximum Gasteiger partial charge on any atom is 0.261 e. The number of methoxy groups -OCH3 is 1. The maximum absolute atomic E-state index is 12.5. The minimum absolute atomic E-state index is 0.106. The first kappa shape index (κ1) is 13.4. The molecule has 1 aliphatic rings. The predicted molar refractivity (Wildman–Crippen MR) is 79.5 cm³/mol. The Morgan fingerprint density at radius 1 is 1.10 bits per heavy atom. The Morgan fingerprint density at radius 2 is 1.85 bits per heavy atom. The highest BCUT2D eigenvalue weighted by molar-refractivity contribution is 6.42. The van der Waals surface area contributed by atoms with Crippen molar-refractivity contribution < 1.29 is 9.53 Å².